The molecule has 1 heterocycles. The molecule has 108 valence electrons. The van der Waals surface area contributed by atoms with E-state index in [1.54, 1.807) is 6.07 Å². The second kappa shape index (κ2) is 6.00. The smallest absolute Gasteiger partial charge is 0.335 e. The van der Waals surface area contributed by atoms with Gasteiger partial charge in [0.25, 0.3) is 0 Å². The summed E-state index contributed by atoms with van der Waals surface area (Å²) in [5, 5.41) is 9.24. The molecule has 3 nitrogen and oxygen atoms in total. The highest BCUT2D eigenvalue weighted by atomic mass is 35.5. The number of aromatic carboxylic acids is 1. The van der Waals surface area contributed by atoms with Gasteiger partial charge in [-0.3, -0.25) is 0 Å². The molecule has 0 spiro atoms. The Balaban J connectivity index is 1.70. The van der Waals surface area contributed by atoms with Gasteiger partial charge in [0.15, 0.2) is 0 Å². The first-order valence-corrected chi connectivity index (χ1v) is 7.89. The summed E-state index contributed by atoms with van der Waals surface area (Å²) in [6.07, 6.45) is 0. The molecule has 2 aromatic carbocycles. The van der Waals surface area contributed by atoms with Gasteiger partial charge in [0.2, 0.25) is 0 Å². The maximum Gasteiger partial charge on any atom is 0.335 e. The molecular weight excluding hydrogens is 308 g/mol. The van der Waals surface area contributed by atoms with Gasteiger partial charge in [-0.15, -0.1) is 11.8 Å². The van der Waals surface area contributed by atoms with Crippen LogP contribution in [0.25, 0.3) is 0 Å². The van der Waals surface area contributed by atoms with Crippen LogP contribution in [0.3, 0.4) is 0 Å². The SMILES string of the molecule is O=C(O)c1ccc(OCC2CSc3ccccc32)c(Cl)c1. The first kappa shape index (κ1) is 14.3. The molecule has 0 saturated heterocycles. The number of fused-ring (bicyclic) bond motifs is 1. The first-order valence-electron chi connectivity index (χ1n) is 6.52. The van der Waals surface area contributed by atoms with Gasteiger partial charge in [0.1, 0.15) is 5.75 Å². The van der Waals surface area contributed by atoms with Crippen molar-refractivity contribution in [2.24, 2.45) is 0 Å². The Bertz CT molecular complexity index is 687. The fourth-order valence-corrected chi connectivity index (χ4v) is 3.78. The first-order chi connectivity index (χ1) is 10.1. The molecule has 2 aromatic rings. The number of ether oxygens (including phenoxy) is 1. The summed E-state index contributed by atoms with van der Waals surface area (Å²) < 4.78 is 5.77. The van der Waals surface area contributed by atoms with Gasteiger partial charge in [-0.1, -0.05) is 29.8 Å². The number of carboxylic acid groups (broad SMARTS) is 1. The number of carbonyl (C=O) groups is 1. The summed E-state index contributed by atoms with van der Waals surface area (Å²) in [4.78, 5) is 12.2. The van der Waals surface area contributed by atoms with E-state index in [9.17, 15) is 4.79 Å². The zero-order chi connectivity index (χ0) is 14.8. The molecule has 0 amide bonds. The Labute approximate surface area is 131 Å². The van der Waals surface area contributed by atoms with Crippen molar-refractivity contribution in [3.63, 3.8) is 0 Å². The van der Waals surface area contributed by atoms with Gasteiger partial charge in [0, 0.05) is 16.6 Å². The highest BCUT2D eigenvalue weighted by Crippen LogP contribution is 2.39. The van der Waals surface area contributed by atoms with Crippen molar-refractivity contribution in [3.05, 3.63) is 58.6 Å². The molecule has 1 atom stereocenters. The highest BCUT2D eigenvalue weighted by Gasteiger charge is 2.23. The number of hydrogen-bond donors (Lipinski definition) is 1. The zero-order valence-electron chi connectivity index (χ0n) is 11.1. The van der Waals surface area contributed by atoms with Crippen LogP contribution in [-0.2, 0) is 0 Å². The second-order valence-electron chi connectivity index (χ2n) is 4.81. The molecule has 5 heteroatoms. The van der Waals surface area contributed by atoms with Crippen LogP contribution in [0, 0.1) is 0 Å². The van der Waals surface area contributed by atoms with Crippen LogP contribution in [0.5, 0.6) is 5.75 Å². The molecule has 1 N–H and O–H groups in total. The molecule has 1 aliphatic rings. The highest BCUT2D eigenvalue weighted by molar-refractivity contribution is 7.99. The van der Waals surface area contributed by atoms with Crippen LogP contribution >= 0.6 is 23.4 Å². The Morgan fingerprint density at radius 1 is 1.33 bits per heavy atom. The maximum absolute atomic E-state index is 10.9. The van der Waals surface area contributed by atoms with Gasteiger partial charge in [-0.05, 0) is 29.8 Å². The van der Waals surface area contributed by atoms with E-state index in [0.717, 1.165) is 5.75 Å². The van der Waals surface area contributed by atoms with E-state index in [-0.39, 0.29) is 5.56 Å². The summed E-state index contributed by atoms with van der Waals surface area (Å²) in [5.41, 5.74) is 1.47. The molecular formula is C16H13ClO3S. The van der Waals surface area contributed by atoms with Crippen molar-refractivity contribution in [1.82, 2.24) is 0 Å². The van der Waals surface area contributed by atoms with Crippen LogP contribution in [0.2, 0.25) is 5.02 Å². The van der Waals surface area contributed by atoms with Crippen molar-refractivity contribution in [2.45, 2.75) is 10.8 Å². The third-order valence-electron chi connectivity index (χ3n) is 3.42. The van der Waals surface area contributed by atoms with Crippen LogP contribution < -0.4 is 4.74 Å². The molecule has 1 unspecified atom stereocenters. The minimum Gasteiger partial charge on any atom is -0.491 e. The van der Waals surface area contributed by atoms with E-state index in [4.69, 9.17) is 21.4 Å². The average molecular weight is 321 g/mol. The van der Waals surface area contributed by atoms with Gasteiger partial charge in [-0.2, -0.15) is 0 Å². The lowest BCUT2D eigenvalue weighted by Gasteiger charge is -2.13. The topological polar surface area (TPSA) is 46.5 Å². The van der Waals surface area contributed by atoms with E-state index >= 15 is 0 Å². The Hall–Kier alpha value is -1.65. The third kappa shape index (κ3) is 3.01. The molecule has 1 aliphatic heterocycles. The fraction of sp³-hybridized carbons (Fsp3) is 0.188. The summed E-state index contributed by atoms with van der Waals surface area (Å²) in [6, 6.07) is 12.8. The summed E-state index contributed by atoms with van der Waals surface area (Å²) >= 11 is 7.90. The lowest BCUT2D eigenvalue weighted by molar-refractivity contribution is 0.0697. The maximum atomic E-state index is 10.9. The predicted molar refractivity (Wildman–Crippen MR) is 83.8 cm³/mol. The summed E-state index contributed by atoms with van der Waals surface area (Å²) in [7, 11) is 0. The molecule has 0 radical (unpaired) electrons. The van der Waals surface area contributed by atoms with Crippen LogP contribution in [0.15, 0.2) is 47.4 Å². The summed E-state index contributed by atoms with van der Waals surface area (Å²) in [5.74, 6) is 0.853. The average Bonchev–Trinajstić information content (AvgIpc) is 2.89. The standard InChI is InChI=1S/C16H13ClO3S/c17-13-7-10(16(18)19)5-6-14(13)20-8-11-9-21-15-4-2-1-3-12(11)15/h1-7,11H,8-9H2,(H,18,19). The Morgan fingerprint density at radius 2 is 2.14 bits per heavy atom. The molecule has 0 saturated carbocycles. The van der Waals surface area contributed by atoms with Crippen molar-refractivity contribution in [3.8, 4) is 5.75 Å². The molecule has 0 aliphatic carbocycles. The van der Waals surface area contributed by atoms with Crippen molar-refractivity contribution < 1.29 is 14.6 Å². The zero-order valence-corrected chi connectivity index (χ0v) is 12.7. The van der Waals surface area contributed by atoms with Crippen molar-refractivity contribution >= 4 is 29.3 Å². The molecule has 0 fully saturated rings. The number of hydrogen-bond acceptors (Lipinski definition) is 3. The molecule has 0 aromatic heterocycles. The fourth-order valence-electron chi connectivity index (χ4n) is 2.31. The minimum absolute atomic E-state index is 0.161. The van der Waals surface area contributed by atoms with E-state index in [2.05, 4.69) is 12.1 Å². The molecule has 0 bridgehead atoms. The normalized spacial score (nSPS) is 16.5. The number of carboxylic acids is 1. The van der Waals surface area contributed by atoms with Crippen molar-refractivity contribution in [1.29, 1.82) is 0 Å². The van der Waals surface area contributed by atoms with Gasteiger partial charge in [-0.25, -0.2) is 4.79 Å². The monoisotopic (exact) mass is 320 g/mol. The third-order valence-corrected chi connectivity index (χ3v) is 4.96. The predicted octanol–water partition coefficient (Wildman–Crippen LogP) is 4.31. The molecule has 21 heavy (non-hydrogen) atoms. The van der Waals surface area contributed by atoms with E-state index < -0.39 is 5.97 Å². The van der Waals surface area contributed by atoms with Crippen LogP contribution in [-0.4, -0.2) is 23.4 Å². The quantitative estimate of drug-likeness (QED) is 0.912. The van der Waals surface area contributed by atoms with Gasteiger partial charge in [0.05, 0.1) is 17.2 Å². The number of thioether (sulfide) groups is 1. The van der Waals surface area contributed by atoms with E-state index in [1.807, 2.05) is 23.9 Å². The van der Waals surface area contributed by atoms with Gasteiger partial charge < -0.3 is 9.84 Å². The lowest BCUT2D eigenvalue weighted by atomic mass is 10.0. The van der Waals surface area contributed by atoms with E-state index in [0.29, 0.717) is 23.3 Å². The Morgan fingerprint density at radius 3 is 2.90 bits per heavy atom. The number of rotatable bonds is 4. The lowest BCUT2D eigenvalue weighted by Crippen LogP contribution is -2.10. The van der Waals surface area contributed by atoms with E-state index in [1.165, 1.54) is 22.6 Å². The molecule has 3 rings (SSSR count). The number of halogens is 1. The van der Waals surface area contributed by atoms with Gasteiger partial charge >= 0.3 is 5.97 Å². The van der Waals surface area contributed by atoms with Crippen LogP contribution in [0.4, 0.5) is 0 Å². The largest absolute Gasteiger partial charge is 0.491 e. The summed E-state index contributed by atoms with van der Waals surface area (Å²) in [6.45, 7) is 0.538. The van der Waals surface area contributed by atoms with Crippen LogP contribution in [0.1, 0.15) is 21.8 Å². The second-order valence-corrected chi connectivity index (χ2v) is 6.28. The Kier molecular flexibility index (Phi) is 4.08. The number of benzene rings is 2. The van der Waals surface area contributed by atoms with Crippen molar-refractivity contribution in [2.75, 3.05) is 12.4 Å². The minimum atomic E-state index is -0.996.